The van der Waals surface area contributed by atoms with Crippen LogP contribution in [0.1, 0.15) is 10.4 Å². The van der Waals surface area contributed by atoms with Crippen molar-refractivity contribution in [2.75, 3.05) is 16.8 Å². The van der Waals surface area contributed by atoms with E-state index < -0.39 is 0 Å². The van der Waals surface area contributed by atoms with Gasteiger partial charge in [0.15, 0.2) is 0 Å². The Bertz CT molecular complexity index is 962. The molecule has 3 aromatic rings. The van der Waals surface area contributed by atoms with Crippen LogP contribution < -0.4 is 10.2 Å². The summed E-state index contributed by atoms with van der Waals surface area (Å²) in [6.45, 7) is -0.0325. The van der Waals surface area contributed by atoms with Crippen LogP contribution in [0.4, 0.5) is 11.4 Å². The molecular formula is C19H13ClN2O2. The van der Waals surface area contributed by atoms with Crippen LogP contribution in [0.3, 0.4) is 0 Å². The van der Waals surface area contributed by atoms with Crippen LogP contribution in [0.25, 0.3) is 10.8 Å². The Morgan fingerprint density at radius 1 is 1.00 bits per heavy atom. The molecule has 1 aliphatic rings. The summed E-state index contributed by atoms with van der Waals surface area (Å²) in [5, 5.41) is 5.29. The first kappa shape index (κ1) is 14.7. The molecule has 1 aliphatic heterocycles. The Kier molecular flexibility index (Phi) is 3.47. The third-order valence-corrected chi connectivity index (χ3v) is 4.33. The van der Waals surface area contributed by atoms with Gasteiger partial charge in [-0.05, 0) is 41.8 Å². The van der Waals surface area contributed by atoms with Gasteiger partial charge in [0.05, 0.1) is 5.69 Å². The molecule has 0 saturated carbocycles. The first-order chi connectivity index (χ1) is 11.6. The van der Waals surface area contributed by atoms with Crippen molar-refractivity contribution in [2.24, 2.45) is 0 Å². The number of amides is 2. The molecule has 4 rings (SSSR count). The van der Waals surface area contributed by atoms with E-state index in [0.717, 1.165) is 16.5 Å². The second-order valence-electron chi connectivity index (χ2n) is 5.63. The van der Waals surface area contributed by atoms with E-state index in [0.29, 0.717) is 16.3 Å². The fourth-order valence-corrected chi connectivity index (χ4v) is 3.14. The largest absolute Gasteiger partial charge is 0.325 e. The summed E-state index contributed by atoms with van der Waals surface area (Å²) in [4.78, 5) is 26.5. The van der Waals surface area contributed by atoms with Gasteiger partial charge in [-0.15, -0.1) is 0 Å². The number of rotatable bonds is 3. The van der Waals surface area contributed by atoms with E-state index in [1.807, 2.05) is 30.3 Å². The number of carbonyl (C=O) groups is 2. The van der Waals surface area contributed by atoms with Crippen molar-refractivity contribution in [3.05, 3.63) is 71.2 Å². The molecule has 0 fully saturated rings. The molecule has 118 valence electrons. The molecule has 0 spiro atoms. The predicted octanol–water partition coefficient (Wildman–Crippen LogP) is 4.09. The lowest BCUT2D eigenvalue weighted by atomic mass is 10.1. The smallest absolute Gasteiger partial charge is 0.259 e. The summed E-state index contributed by atoms with van der Waals surface area (Å²) in [7, 11) is 0. The zero-order valence-corrected chi connectivity index (χ0v) is 13.4. The van der Waals surface area contributed by atoms with Crippen molar-refractivity contribution in [1.29, 1.82) is 0 Å². The minimum absolute atomic E-state index is 0.0325. The molecule has 0 unspecified atom stereocenters. The highest BCUT2D eigenvalue weighted by Gasteiger charge is 2.30. The Morgan fingerprint density at radius 2 is 1.71 bits per heavy atom. The topological polar surface area (TPSA) is 49.4 Å². The average Bonchev–Trinajstić information content (AvgIpc) is 2.85. The van der Waals surface area contributed by atoms with Crippen LogP contribution in [0.15, 0.2) is 60.7 Å². The molecular weight excluding hydrogens is 324 g/mol. The van der Waals surface area contributed by atoms with E-state index in [2.05, 4.69) is 5.32 Å². The molecule has 0 aliphatic carbocycles. The minimum Gasteiger partial charge on any atom is -0.325 e. The Hall–Kier alpha value is -2.85. The summed E-state index contributed by atoms with van der Waals surface area (Å²) in [5.74, 6) is -0.400. The molecule has 3 aromatic carbocycles. The highest BCUT2D eigenvalue weighted by Crippen LogP contribution is 2.36. The van der Waals surface area contributed by atoms with Crippen LogP contribution in [-0.2, 0) is 4.79 Å². The second-order valence-corrected chi connectivity index (χ2v) is 6.06. The van der Waals surface area contributed by atoms with Crippen LogP contribution in [0.5, 0.6) is 0 Å². The Morgan fingerprint density at radius 3 is 2.46 bits per heavy atom. The molecule has 1 N–H and O–H groups in total. The predicted molar refractivity (Wildman–Crippen MR) is 95.7 cm³/mol. The highest BCUT2D eigenvalue weighted by atomic mass is 35.5. The van der Waals surface area contributed by atoms with E-state index in [-0.39, 0.29) is 18.4 Å². The SMILES string of the molecule is O=C(CN1C(=O)c2cccc3cccc1c23)Nc1ccc(Cl)cc1. The molecule has 5 heteroatoms. The molecule has 0 atom stereocenters. The zero-order valence-electron chi connectivity index (χ0n) is 12.6. The molecule has 4 nitrogen and oxygen atoms in total. The maximum Gasteiger partial charge on any atom is 0.259 e. The first-order valence-electron chi connectivity index (χ1n) is 7.52. The van der Waals surface area contributed by atoms with Crippen molar-refractivity contribution < 1.29 is 9.59 Å². The van der Waals surface area contributed by atoms with Crippen molar-refractivity contribution in [3.63, 3.8) is 0 Å². The summed E-state index contributed by atoms with van der Waals surface area (Å²) in [6, 6.07) is 18.2. The van der Waals surface area contributed by atoms with E-state index in [1.165, 1.54) is 4.90 Å². The van der Waals surface area contributed by atoms with Gasteiger partial charge >= 0.3 is 0 Å². The van der Waals surface area contributed by atoms with Gasteiger partial charge < -0.3 is 5.32 Å². The Labute approximate surface area is 143 Å². The lowest BCUT2D eigenvalue weighted by Gasteiger charge is -2.17. The van der Waals surface area contributed by atoms with Gasteiger partial charge in [-0.2, -0.15) is 0 Å². The molecule has 0 radical (unpaired) electrons. The second kappa shape index (κ2) is 5.65. The monoisotopic (exact) mass is 336 g/mol. The van der Waals surface area contributed by atoms with Crippen LogP contribution in [-0.4, -0.2) is 18.4 Å². The number of nitrogens with zero attached hydrogens (tertiary/aromatic N) is 1. The maximum atomic E-state index is 12.6. The molecule has 0 aromatic heterocycles. The number of halogens is 1. The maximum absolute atomic E-state index is 12.6. The Balaban J connectivity index is 1.60. The number of anilines is 2. The van der Waals surface area contributed by atoms with Crippen molar-refractivity contribution in [2.45, 2.75) is 0 Å². The van der Waals surface area contributed by atoms with Gasteiger partial charge in [-0.25, -0.2) is 0 Å². The minimum atomic E-state index is -0.254. The fourth-order valence-electron chi connectivity index (χ4n) is 3.01. The number of hydrogen-bond acceptors (Lipinski definition) is 2. The average molecular weight is 337 g/mol. The summed E-state index contributed by atoms with van der Waals surface area (Å²) in [5.41, 5.74) is 2.06. The quantitative estimate of drug-likeness (QED) is 0.783. The first-order valence-corrected chi connectivity index (χ1v) is 7.90. The van der Waals surface area contributed by atoms with Crippen molar-refractivity contribution in [3.8, 4) is 0 Å². The normalized spacial score (nSPS) is 12.7. The van der Waals surface area contributed by atoms with E-state index in [9.17, 15) is 9.59 Å². The molecule has 0 bridgehead atoms. The third-order valence-electron chi connectivity index (χ3n) is 4.08. The van der Waals surface area contributed by atoms with Gasteiger partial charge in [0.1, 0.15) is 6.54 Å². The van der Waals surface area contributed by atoms with Crippen LogP contribution >= 0.6 is 11.6 Å². The summed E-state index contributed by atoms with van der Waals surface area (Å²) in [6.07, 6.45) is 0. The highest BCUT2D eigenvalue weighted by molar-refractivity contribution is 6.30. The number of nitrogens with one attached hydrogen (secondary N) is 1. The van der Waals surface area contributed by atoms with E-state index in [1.54, 1.807) is 30.3 Å². The van der Waals surface area contributed by atoms with E-state index >= 15 is 0 Å². The lowest BCUT2D eigenvalue weighted by molar-refractivity contribution is -0.114. The zero-order chi connectivity index (χ0) is 16.7. The van der Waals surface area contributed by atoms with Gasteiger partial charge in [-0.3, -0.25) is 14.5 Å². The summed E-state index contributed by atoms with van der Waals surface area (Å²) >= 11 is 5.84. The van der Waals surface area contributed by atoms with Crippen molar-refractivity contribution >= 4 is 45.6 Å². The number of hydrogen-bond donors (Lipinski definition) is 1. The third kappa shape index (κ3) is 2.41. The molecule has 1 heterocycles. The number of benzene rings is 3. The van der Waals surface area contributed by atoms with Gasteiger partial charge in [0, 0.05) is 21.7 Å². The van der Waals surface area contributed by atoms with E-state index in [4.69, 9.17) is 11.6 Å². The fraction of sp³-hybridized carbons (Fsp3) is 0.0526. The summed E-state index contributed by atoms with van der Waals surface area (Å²) < 4.78 is 0. The lowest BCUT2D eigenvalue weighted by Crippen LogP contribution is -2.35. The van der Waals surface area contributed by atoms with Gasteiger partial charge in [0.2, 0.25) is 5.91 Å². The molecule has 2 amide bonds. The number of carbonyl (C=O) groups excluding carboxylic acids is 2. The van der Waals surface area contributed by atoms with Crippen LogP contribution in [0, 0.1) is 0 Å². The van der Waals surface area contributed by atoms with Gasteiger partial charge in [-0.1, -0.05) is 35.9 Å². The van der Waals surface area contributed by atoms with Crippen LogP contribution in [0.2, 0.25) is 5.02 Å². The van der Waals surface area contributed by atoms with Crippen molar-refractivity contribution in [1.82, 2.24) is 0 Å². The van der Waals surface area contributed by atoms with Gasteiger partial charge in [0.25, 0.3) is 5.91 Å². The molecule has 24 heavy (non-hydrogen) atoms. The molecule has 0 saturated heterocycles. The standard InChI is InChI=1S/C19H13ClN2O2/c20-13-7-9-14(10-8-13)21-17(23)11-22-16-6-2-4-12-3-1-5-15(18(12)16)19(22)24/h1-10H,11H2,(H,21,23).